The van der Waals surface area contributed by atoms with Crippen molar-refractivity contribution in [2.75, 3.05) is 19.7 Å². The average molecular weight is 339 g/mol. The van der Waals surface area contributed by atoms with Gasteiger partial charge in [-0.25, -0.2) is 4.98 Å². The number of ether oxygens (including phenoxy) is 1. The van der Waals surface area contributed by atoms with E-state index in [1.807, 2.05) is 0 Å². The highest BCUT2D eigenvalue weighted by molar-refractivity contribution is 6.32. The number of aromatic nitrogens is 1. The smallest absolute Gasteiger partial charge is 0.306 e. The van der Waals surface area contributed by atoms with Crippen LogP contribution in [-0.4, -0.2) is 46.6 Å². The third-order valence-corrected chi connectivity index (χ3v) is 4.61. The van der Waals surface area contributed by atoms with Crippen LogP contribution in [0, 0.1) is 11.8 Å². The fourth-order valence-corrected chi connectivity index (χ4v) is 2.86. The van der Waals surface area contributed by atoms with Gasteiger partial charge in [-0.3, -0.25) is 9.59 Å². The van der Waals surface area contributed by atoms with Gasteiger partial charge in [-0.1, -0.05) is 11.6 Å². The second kappa shape index (κ2) is 6.74. The topological polar surface area (TPSA) is 79.7 Å². The van der Waals surface area contributed by atoms with Crippen molar-refractivity contribution in [3.63, 3.8) is 0 Å². The molecule has 0 unspecified atom stereocenters. The Balaban J connectivity index is 1.60. The van der Waals surface area contributed by atoms with Crippen LogP contribution >= 0.6 is 11.6 Å². The van der Waals surface area contributed by atoms with Crippen LogP contribution in [0.4, 0.5) is 0 Å². The van der Waals surface area contributed by atoms with Crippen molar-refractivity contribution in [2.45, 2.75) is 25.7 Å². The minimum Gasteiger partial charge on any atom is -0.481 e. The molecule has 0 aromatic carbocycles. The Bertz CT molecular complexity index is 610. The van der Waals surface area contributed by atoms with Crippen LogP contribution in [0.25, 0.3) is 0 Å². The number of pyridine rings is 1. The van der Waals surface area contributed by atoms with Crippen molar-refractivity contribution in [1.82, 2.24) is 9.88 Å². The Labute approximate surface area is 139 Å². The number of nitrogens with zero attached hydrogens (tertiary/aromatic N) is 2. The molecule has 3 rings (SSSR count). The minimum absolute atomic E-state index is 0.169. The summed E-state index contributed by atoms with van der Waals surface area (Å²) in [6, 6.07) is 1.57. The lowest BCUT2D eigenvalue weighted by Gasteiger charge is -2.30. The number of aliphatic carboxylic acids is 1. The Hall–Kier alpha value is -1.82. The van der Waals surface area contributed by atoms with Gasteiger partial charge in [0, 0.05) is 19.3 Å². The molecule has 1 aromatic heterocycles. The van der Waals surface area contributed by atoms with E-state index in [1.54, 1.807) is 11.0 Å². The zero-order valence-corrected chi connectivity index (χ0v) is 13.5. The van der Waals surface area contributed by atoms with Crippen molar-refractivity contribution < 1.29 is 19.4 Å². The maximum Gasteiger partial charge on any atom is 0.306 e. The molecule has 2 heterocycles. The van der Waals surface area contributed by atoms with E-state index in [0.29, 0.717) is 54.9 Å². The molecule has 1 aliphatic carbocycles. The highest BCUT2D eigenvalue weighted by Crippen LogP contribution is 2.31. The standard InChI is InChI=1S/C16H19ClN2O4/c17-13-7-12(8-18-14(13)23-9-10-1-2-10)15(20)19-5-3-11(4-6-19)16(21)22/h7-8,10-11H,1-6,9H2,(H,21,22). The van der Waals surface area contributed by atoms with Crippen LogP contribution < -0.4 is 4.74 Å². The molecule has 1 N–H and O–H groups in total. The maximum atomic E-state index is 12.5. The molecule has 0 radical (unpaired) electrons. The van der Waals surface area contributed by atoms with E-state index in [2.05, 4.69) is 4.98 Å². The summed E-state index contributed by atoms with van der Waals surface area (Å²) in [5, 5.41) is 9.33. The van der Waals surface area contributed by atoms with Crippen LogP contribution in [0.3, 0.4) is 0 Å². The van der Waals surface area contributed by atoms with E-state index in [9.17, 15) is 9.59 Å². The first kappa shape index (κ1) is 16.1. The third-order valence-electron chi connectivity index (χ3n) is 4.34. The Morgan fingerprint density at radius 2 is 2.00 bits per heavy atom. The monoisotopic (exact) mass is 338 g/mol. The summed E-state index contributed by atoms with van der Waals surface area (Å²) in [7, 11) is 0. The SMILES string of the molecule is O=C(O)C1CCN(C(=O)c2cnc(OCC3CC3)c(Cl)c2)CC1. The molecule has 0 spiro atoms. The van der Waals surface area contributed by atoms with E-state index < -0.39 is 5.97 Å². The first-order chi connectivity index (χ1) is 11.0. The van der Waals surface area contributed by atoms with Gasteiger partial charge in [-0.15, -0.1) is 0 Å². The van der Waals surface area contributed by atoms with Gasteiger partial charge in [0.15, 0.2) is 0 Å². The summed E-state index contributed by atoms with van der Waals surface area (Å²) >= 11 is 6.15. The Morgan fingerprint density at radius 3 is 2.57 bits per heavy atom. The molecule has 2 fully saturated rings. The number of carboxylic acids is 1. The van der Waals surface area contributed by atoms with Gasteiger partial charge in [0.1, 0.15) is 5.02 Å². The number of amides is 1. The van der Waals surface area contributed by atoms with Crippen molar-refractivity contribution in [3.8, 4) is 5.88 Å². The molecule has 1 aromatic rings. The van der Waals surface area contributed by atoms with E-state index in [0.717, 1.165) is 0 Å². The van der Waals surface area contributed by atoms with Gasteiger partial charge in [0.05, 0.1) is 18.1 Å². The second-order valence-electron chi connectivity index (χ2n) is 6.17. The molecular weight excluding hydrogens is 320 g/mol. The lowest BCUT2D eigenvalue weighted by Crippen LogP contribution is -2.40. The van der Waals surface area contributed by atoms with Crippen molar-refractivity contribution in [2.24, 2.45) is 11.8 Å². The van der Waals surface area contributed by atoms with Gasteiger partial charge in [-0.05, 0) is 37.7 Å². The van der Waals surface area contributed by atoms with Gasteiger partial charge in [0.2, 0.25) is 5.88 Å². The third kappa shape index (κ3) is 3.93. The van der Waals surface area contributed by atoms with Gasteiger partial charge >= 0.3 is 5.97 Å². The van der Waals surface area contributed by atoms with Gasteiger partial charge in [-0.2, -0.15) is 0 Å². The largest absolute Gasteiger partial charge is 0.481 e. The van der Waals surface area contributed by atoms with E-state index in [-0.39, 0.29) is 11.8 Å². The van der Waals surface area contributed by atoms with Crippen LogP contribution in [0.15, 0.2) is 12.3 Å². The molecule has 1 saturated carbocycles. The number of likely N-dealkylation sites (tertiary alicyclic amines) is 1. The molecule has 124 valence electrons. The highest BCUT2D eigenvalue weighted by Gasteiger charge is 2.28. The highest BCUT2D eigenvalue weighted by atomic mass is 35.5. The normalized spacial score (nSPS) is 18.7. The number of carbonyl (C=O) groups is 2. The molecule has 7 heteroatoms. The fraction of sp³-hybridized carbons (Fsp3) is 0.562. The summed E-state index contributed by atoms with van der Waals surface area (Å²) < 4.78 is 5.55. The quantitative estimate of drug-likeness (QED) is 0.892. The van der Waals surface area contributed by atoms with Crippen molar-refractivity contribution >= 4 is 23.5 Å². The number of hydrogen-bond acceptors (Lipinski definition) is 4. The number of hydrogen-bond donors (Lipinski definition) is 1. The van der Waals surface area contributed by atoms with Crippen LogP contribution in [0.5, 0.6) is 5.88 Å². The number of halogens is 1. The molecule has 0 bridgehead atoms. The van der Waals surface area contributed by atoms with Crippen LogP contribution in [0.2, 0.25) is 5.02 Å². The lowest BCUT2D eigenvalue weighted by atomic mass is 9.97. The van der Waals surface area contributed by atoms with Crippen LogP contribution in [0.1, 0.15) is 36.0 Å². The second-order valence-corrected chi connectivity index (χ2v) is 6.58. The van der Waals surface area contributed by atoms with Gasteiger partial charge < -0.3 is 14.7 Å². The molecule has 1 aliphatic heterocycles. The van der Waals surface area contributed by atoms with Gasteiger partial charge in [0.25, 0.3) is 5.91 Å². The predicted molar refractivity (Wildman–Crippen MR) is 83.7 cm³/mol. The van der Waals surface area contributed by atoms with Crippen molar-refractivity contribution in [1.29, 1.82) is 0 Å². The summed E-state index contributed by atoms with van der Waals surface area (Å²) in [5.74, 6) is -0.362. The minimum atomic E-state index is -0.793. The molecular formula is C16H19ClN2O4. The molecule has 23 heavy (non-hydrogen) atoms. The number of carbonyl (C=O) groups excluding carboxylic acids is 1. The summed E-state index contributed by atoms with van der Waals surface area (Å²) in [5.41, 5.74) is 0.405. The first-order valence-electron chi connectivity index (χ1n) is 7.85. The zero-order valence-electron chi connectivity index (χ0n) is 12.7. The first-order valence-corrected chi connectivity index (χ1v) is 8.23. The molecule has 6 nitrogen and oxygen atoms in total. The number of piperidine rings is 1. The number of rotatable bonds is 5. The van der Waals surface area contributed by atoms with Crippen molar-refractivity contribution in [3.05, 3.63) is 22.8 Å². The van der Waals surface area contributed by atoms with E-state index in [1.165, 1.54) is 19.0 Å². The molecule has 1 saturated heterocycles. The van der Waals surface area contributed by atoms with E-state index in [4.69, 9.17) is 21.4 Å². The number of carboxylic acid groups (broad SMARTS) is 1. The molecule has 1 amide bonds. The summed E-state index contributed by atoms with van der Waals surface area (Å²) in [6.07, 6.45) is 4.79. The maximum absolute atomic E-state index is 12.5. The lowest BCUT2D eigenvalue weighted by molar-refractivity contribution is -0.143. The van der Waals surface area contributed by atoms with Crippen LogP contribution in [-0.2, 0) is 4.79 Å². The average Bonchev–Trinajstić information content (AvgIpc) is 3.37. The molecule has 0 atom stereocenters. The van der Waals surface area contributed by atoms with E-state index >= 15 is 0 Å². The predicted octanol–water partition coefficient (Wildman–Crippen LogP) is 2.46. The molecule has 2 aliphatic rings. The summed E-state index contributed by atoms with van der Waals surface area (Å²) in [6.45, 7) is 1.49. The Kier molecular flexibility index (Phi) is 4.71. The summed E-state index contributed by atoms with van der Waals surface area (Å²) in [4.78, 5) is 29.2. The Morgan fingerprint density at radius 1 is 1.30 bits per heavy atom. The zero-order chi connectivity index (χ0) is 16.4. The fourth-order valence-electron chi connectivity index (χ4n) is 2.64.